The second kappa shape index (κ2) is 7.83. The van der Waals surface area contributed by atoms with E-state index in [9.17, 15) is 23.3 Å². The summed E-state index contributed by atoms with van der Waals surface area (Å²) in [7, 11) is -1.60. The molecule has 2 aromatic carbocycles. The minimum atomic E-state index is -4.17. The SMILES string of the molecule is COC(=O)CN(c1cccc(OC)c1)S(=O)(=O)c1ccc([N+](=O)[O-])cc1. The molecule has 0 amide bonds. The molecule has 0 aliphatic heterocycles. The fourth-order valence-corrected chi connectivity index (χ4v) is 3.53. The maximum Gasteiger partial charge on any atom is 0.326 e. The van der Waals surface area contributed by atoms with Crippen molar-refractivity contribution in [2.45, 2.75) is 4.90 Å². The van der Waals surface area contributed by atoms with E-state index >= 15 is 0 Å². The van der Waals surface area contributed by atoms with Crippen LogP contribution in [0, 0.1) is 10.1 Å². The first-order valence-electron chi connectivity index (χ1n) is 7.27. The van der Waals surface area contributed by atoms with Gasteiger partial charge in [-0.2, -0.15) is 0 Å². The smallest absolute Gasteiger partial charge is 0.326 e. The van der Waals surface area contributed by atoms with E-state index in [1.54, 1.807) is 12.1 Å². The third-order valence-corrected chi connectivity index (χ3v) is 5.27. The van der Waals surface area contributed by atoms with E-state index in [1.165, 1.54) is 19.2 Å². The number of benzene rings is 2. The van der Waals surface area contributed by atoms with Gasteiger partial charge < -0.3 is 9.47 Å². The number of hydrogen-bond donors (Lipinski definition) is 0. The van der Waals surface area contributed by atoms with E-state index in [-0.39, 0.29) is 16.3 Å². The predicted molar refractivity (Wildman–Crippen MR) is 92.6 cm³/mol. The number of esters is 1. The highest BCUT2D eigenvalue weighted by molar-refractivity contribution is 7.92. The molecule has 0 atom stereocenters. The van der Waals surface area contributed by atoms with E-state index in [1.807, 2.05) is 0 Å². The maximum absolute atomic E-state index is 13.0. The van der Waals surface area contributed by atoms with Gasteiger partial charge in [0.25, 0.3) is 15.7 Å². The van der Waals surface area contributed by atoms with Crippen molar-refractivity contribution < 1.29 is 27.6 Å². The van der Waals surface area contributed by atoms with Crippen molar-refractivity contribution in [3.8, 4) is 5.75 Å². The zero-order valence-electron chi connectivity index (χ0n) is 14.0. The molecule has 0 heterocycles. The molecule has 0 aliphatic carbocycles. The Morgan fingerprint density at radius 2 is 1.81 bits per heavy atom. The van der Waals surface area contributed by atoms with Gasteiger partial charge in [-0.3, -0.25) is 19.2 Å². The lowest BCUT2D eigenvalue weighted by Gasteiger charge is -2.23. The molecule has 10 heteroatoms. The van der Waals surface area contributed by atoms with Crippen molar-refractivity contribution in [3.05, 3.63) is 58.6 Å². The number of non-ortho nitro benzene ring substituents is 1. The van der Waals surface area contributed by atoms with Crippen LogP contribution >= 0.6 is 0 Å². The van der Waals surface area contributed by atoms with Crippen molar-refractivity contribution >= 4 is 27.4 Å². The van der Waals surface area contributed by atoms with E-state index in [4.69, 9.17) is 4.74 Å². The fraction of sp³-hybridized carbons (Fsp3) is 0.188. The molecule has 9 nitrogen and oxygen atoms in total. The van der Waals surface area contributed by atoms with Crippen LogP contribution in [0.25, 0.3) is 0 Å². The number of ether oxygens (including phenoxy) is 2. The number of sulfonamides is 1. The van der Waals surface area contributed by atoms with Gasteiger partial charge in [0.15, 0.2) is 0 Å². The van der Waals surface area contributed by atoms with Crippen LogP contribution in [0.3, 0.4) is 0 Å². The summed E-state index contributed by atoms with van der Waals surface area (Å²) in [5.41, 5.74) is -0.0575. The summed E-state index contributed by atoms with van der Waals surface area (Å²) >= 11 is 0. The molecule has 0 aliphatic rings. The van der Waals surface area contributed by atoms with Gasteiger partial charge in [-0.1, -0.05) is 6.07 Å². The molecule has 0 saturated carbocycles. The van der Waals surface area contributed by atoms with Crippen LogP contribution in [0.5, 0.6) is 5.75 Å². The van der Waals surface area contributed by atoms with Gasteiger partial charge in [0.1, 0.15) is 12.3 Å². The third kappa shape index (κ3) is 4.09. The summed E-state index contributed by atoms with van der Waals surface area (Å²) in [6.07, 6.45) is 0. The normalized spacial score (nSPS) is 10.8. The summed E-state index contributed by atoms with van der Waals surface area (Å²) < 4.78 is 36.5. The van der Waals surface area contributed by atoms with Gasteiger partial charge in [0.2, 0.25) is 0 Å². The Morgan fingerprint density at radius 3 is 2.35 bits per heavy atom. The molecule has 0 radical (unpaired) electrons. The molecule has 0 bridgehead atoms. The summed E-state index contributed by atoms with van der Waals surface area (Å²) in [5.74, 6) is -0.366. The summed E-state index contributed by atoms with van der Waals surface area (Å²) in [5, 5.41) is 10.7. The molecular weight excluding hydrogens is 364 g/mol. The van der Waals surface area contributed by atoms with Crippen LogP contribution in [0.2, 0.25) is 0 Å². The largest absolute Gasteiger partial charge is 0.497 e. The third-order valence-electron chi connectivity index (χ3n) is 3.48. The van der Waals surface area contributed by atoms with Crippen LogP contribution in [0.4, 0.5) is 11.4 Å². The van der Waals surface area contributed by atoms with Crippen molar-refractivity contribution in [3.63, 3.8) is 0 Å². The van der Waals surface area contributed by atoms with Gasteiger partial charge >= 0.3 is 5.97 Å². The Kier molecular flexibility index (Phi) is 5.78. The molecule has 0 N–H and O–H groups in total. The summed E-state index contributed by atoms with van der Waals surface area (Å²) in [6.45, 7) is -0.566. The number of nitro groups is 1. The van der Waals surface area contributed by atoms with Crippen molar-refractivity contribution in [1.29, 1.82) is 0 Å². The molecule has 0 saturated heterocycles. The number of rotatable bonds is 7. The molecule has 2 rings (SSSR count). The lowest BCUT2D eigenvalue weighted by atomic mass is 10.3. The quantitative estimate of drug-likeness (QED) is 0.409. The van der Waals surface area contributed by atoms with Crippen molar-refractivity contribution in [1.82, 2.24) is 0 Å². The lowest BCUT2D eigenvalue weighted by molar-refractivity contribution is -0.384. The average Bonchev–Trinajstić information content (AvgIpc) is 2.65. The van der Waals surface area contributed by atoms with Gasteiger partial charge in [0, 0.05) is 18.2 Å². The molecule has 2 aromatic rings. The van der Waals surface area contributed by atoms with Crippen molar-refractivity contribution in [2.75, 3.05) is 25.1 Å². The first kappa shape index (κ1) is 19.2. The van der Waals surface area contributed by atoms with E-state index in [0.29, 0.717) is 5.75 Å². The Labute approximate surface area is 150 Å². The number of nitro benzene ring substituents is 1. The first-order chi connectivity index (χ1) is 12.3. The summed E-state index contributed by atoms with van der Waals surface area (Å²) in [6, 6.07) is 10.5. The zero-order chi connectivity index (χ0) is 19.3. The highest BCUT2D eigenvalue weighted by Gasteiger charge is 2.28. The van der Waals surface area contributed by atoms with E-state index in [2.05, 4.69) is 4.74 Å². The topological polar surface area (TPSA) is 116 Å². The van der Waals surface area contributed by atoms with Gasteiger partial charge in [-0.25, -0.2) is 8.42 Å². The summed E-state index contributed by atoms with van der Waals surface area (Å²) in [4.78, 5) is 21.6. The Balaban J connectivity index is 2.51. The van der Waals surface area contributed by atoms with E-state index in [0.717, 1.165) is 35.7 Å². The minimum Gasteiger partial charge on any atom is -0.497 e. The van der Waals surface area contributed by atoms with Crippen LogP contribution < -0.4 is 9.04 Å². The van der Waals surface area contributed by atoms with Gasteiger partial charge in [-0.15, -0.1) is 0 Å². The number of anilines is 1. The van der Waals surface area contributed by atoms with Crippen LogP contribution in [-0.4, -0.2) is 40.1 Å². The number of nitrogens with zero attached hydrogens (tertiary/aromatic N) is 2. The highest BCUT2D eigenvalue weighted by atomic mass is 32.2. The number of carbonyl (C=O) groups excluding carboxylic acids is 1. The Morgan fingerprint density at radius 1 is 1.15 bits per heavy atom. The molecule has 0 spiro atoms. The first-order valence-corrected chi connectivity index (χ1v) is 8.71. The maximum atomic E-state index is 13.0. The van der Waals surface area contributed by atoms with Crippen molar-refractivity contribution in [2.24, 2.45) is 0 Å². The monoisotopic (exact) mass is 380 g/mol. The fourth-order valence-electron chi connectivity index (χ4n) is 2.13. The second-order valence-electron chi connectivity index (χ2n) is 5.04. The minimum absolute atomic E-state index is 0.188. The number of carbonyl (C=O) groups is 1. The van der Waals surface area contributed by atoms with Gasteiger partial charge in [0.05, 0.1) is 29.7 Å². The molecule has 0 aromatic heterocycles. The Bertz CT molecular complexity index is 910. The van der Waals surface area contributed by atoms with Gasteiger partial charge in [-0.05, 0) is 24.3 Å². The highest BCUT2D eigenvalue weighted by Crippen LogP contribution is 2.27. The standard InChI is InChI=1S/C16H16N2O7S/c1-24-14-5-3-4-13(10-14)17(11-16(19)25-2)26(22,23)15-8-6-12(7-9-15)18(20)21/h3-10H,11H2,1-2H3. The lowest BCUT2D eigenvalue weighted by Crippen LogP contribution is -2.36. The zero-order valence-corrected chi connectivity index (χ0v) is 14.8. The molecule has 26 heavy (non-hydrogen) atoms. The molecule has 138 valence electrons. The average molecular weight is 380 g/mol. The number of methoxy groups -OCH3 is 2. The second-order valence-corrected chi connectivity index (χ2v) is 6.90. The van der Waals surface area contributed by atoms with Crippen LogP contribution in [-0.2, 0) is 19.6 Å². The Hall–Kier alpha value is -3.14. The predicted octanol–water partition coefficient (Wildman–Crippen LogP) is 1.97. The molecule has 0 fully saturated rings. The van der Waals surface area contributed by atoms with Crippen LogP contribution in [0.15, 0.2) is 53.4 Å². The number of hydrogen-bond acceptors (Lipinski definition) is 7. The van der Waals surface area contributed by atoms with Crippen LogP contribution in [0.1, 0.15) is 0 Å². The molecular formula is C16H16N2O7S. The van der Waals surface area contributed by atoms with E-state index < -0.39 is 27.5 Å². The molecule has 0 unspecified atom stereocenters.